The van der Waals surface area contributed by atoms with Gasteiger partial charge >= 0.3 is 0 Å². The molecule has 0 saturated heterocycles. The number of anilines is 2. The van der Waals surface area contributed by atoms with Gasteiger partial charge in [-0.05, 0) is 42.5 Å². The van der Waals surface area contributed by atoms with E-state index in [4.69, 9.17) is 14.2 Å². The Morgan fingerprint density at radius 1 is 0.875 bits per heavy atom. The van der Waals surface area contributed by atoms with E-state index in [2.05, 4.69) is 10.3 Å². The maximum absolute atomic E-state index is 5.35. The summed E-state index contributed by atoms with van der Waals surface area (Å²) in [6, 6.07) is 13.5. The van der Waals surface area contributed by atoms with Crippen molar-refractivity contribution in [3.63, 3.8) is 0 Å². The second-order valence-corrected chi connectivity index (χ2v) is 5.82. The first-order chi connectivity index (χ1) is 11.7. The molecule has 0 spiro atoms. The van der Waals surface area contributed by atoms with Crippen molar-refractivity contribution >= 4 is 22.2 Å². The Kier molecular flexibility index (Phi) is 4.86. The SMILES string of the molecule is COc1ccc(Nc2nc(-c3ccc(OC)c(OC)c3)cs2)cc1. The molecule has 0 radical (unpaired) electrons. The van der Waals surface area contributed by atoms with Gasteiger partial charge in [0.05, 0.1) is 27.0 Å². The predicted molar refractivity (Wildman–Crippen MR) is 96.9 cm³/mol. The third kappa shape index (κ3) is 3.44. The van der Waals surface area contributed by atoms with Gasteiger partial charge in [-0.15, -0.1) is 11.3 Å². The van der Waals surface area contributed by atoms with Gasteiger partial charge in [0.2, 0.25) is 0 Å². The van der Waals surface area contributed by atoms with Crippen LogP contribution in [0.3, 0.4) is 0 Å². The minimum atomic E-state index is 0.688. The molecule has 1 N–H and O–H groups in total. The Labute approximate surface area is 144 Å². The van der Waals surface area contributed by atoms with E-state index in [1.54, 1.807) is 32.7 Å². The highest BCUT2D eigenvalue weighted by atomic mass is 32.1. The third-order valence-corrected chi connectivity index (χ3v) is 4.28. The number of hydrogen-bond acceptors (Lipinski definition) is 6. The molecule has 0 aliphatic carbocycles. The number of benzene rings is 2. The van der Waals surface area contributed by atoms with E-state index in [0.717, 1.165) is 27.8 Å². The standard InChI is InChI=1S/C18H18N2O3S/c1-21-14-7-5-13(6-8-14)19-18-20-15(11-24-18)12-4-9-16(22-2)17(10-12)23-3/h4-11H,1-3H3,(H,19,20). The number of aromatic nitrogens is 1. The maximum atomic E-state index is 5.35. The van der Waals surface area contributed by atoms with Crippen LogP contribution in [-0.2, 0) is 0 Å². The van der Waals surface area contributed by atoms with Gasteiger partial charge in [-0.3, -0.25) is 0 Å². The number of methoxy groups -OCH3 is 3. The summed E-state index contributed by atoms with van der Waals surface area (Å²) in [5.41, 5.74) is 2.83. The van der Waals surface area contributed by atoms with Crippen LogP contribution >= 0.6 is 11.3 Å². The topological polar surface area (TPSA) is 52.6 Å². The van der Waals surface area contributed by atoms with Crippen LogP contribution in [0.4, 0.5) is 10.8 Å². The number of rotatable bonds is 6. The van der Waals surface area contributed by atoms with Crippen LogP contribution in [0.1, 0.15) is 0 Å². The lowest BCUT2D eigenvalue weighted by molar-refractivity contribution is 0.355. The number of hydrogen-bond donors (Lipinski definition) is 1. The molecule has 3 rings (SSSR count). The van der Waals surface area contributed by atoms with Crippen molar-refractivity contribution in [1.82, 2.24) is 4.98 Å². The highest BCUT2D eigenvalue weighted by Crippen LogP contribution is 2.34. The van der Waals surface area contributed by atoms with Gasteiger partial charge in [0.25, 0.3) is 0 Å². The van der Waals surface area contributed by atoms with Crippen LogP contribution in [0.15, 0.2) is 47.8 Å². The zero-order chi connectivity index (χ0) is 16.9. The Hall–Kier alpha value is -2.73. The smallest absolute Gasteiger partial charge is 0.187 e. The molecule has 0 saturated carbocycles. The summed E-state index contributed by atoms with van der Waals surface area (Å²) in [7, 11) is 4.90. The van der Waals surface area contributed by atoms with E-state index in [-0.39, 0.29) is 0 Å². The Morgan fingerprint density at radius 2 is 1.62 bits per heavy atom. The van der Waals surface area contributed by atoms with Crippen molar-refractivity contribution in [3.05, 3.63) is 47.8 Å². The lowest BCUT2D eigenvalue weighted by Crippen LogP contribution is -1.92. The molecule has 24 heavy (non-hydrogen) atoms. The highest BCUT2D eigenvalue weighted by molar-refractivity contribution is 7.14. The van der Waals surface area contributed by atoms with Gasteiger partial charge < -0.3 is 19.5 Å². The fourth-order valence-electron chi connectivity index (χ4n) is 2.26. The molecule has 0 aliphatic heterocycles. The average Bonchev–Trinajstić information content (AvgIpc) is 3.10. The number of thiazole rings is 1. The van der Waals surface area contributed by atoms with Crippen LogP contribution in [0.2, 0.25) is 0 Å². The molecule has 0 unspecified atom stereocenters. The minimum Gasteiger partial charge on any atom is -0.497 e. The Bertz CT molecular complexity index is 815. The number of ether oxygens (including phenoxy) is 3. The predicted octanol–water partition coefficient (Wildman–Crippen LogP) is 4.58. The fourth-order valence-corrected chi connectivity index (χ4v) is 3.00. The van der Waals surface area contributed by atoms with Crippen molar-refractivity contribution in [2.75, 3.05) is 26.6 Å². The molecule has 5 nitrogen and oxygen atoms in total. The molecular formula is C18H18N2O3S. The van der Waals surface area contributed by atoms with Crippen molar-refractivity contribution < 1.29 is 14.2 Å². The van der Waals surface area contributed by atoms with Crippen LogP contribution < -0.4 is 19.5 Å². The van der Waals surface area contributed by atoms with E-state index < -0.39 is 0 Å². The van der Waals surface area contributed by atoms with Crippen LogP contribution in [0.5, 0.6) is 17.2 Å². The first kappa shape index (κ1) is 16.1. The fraction of sp³-hybridized carbons (Fsp3) is 0.167. The van der Waals surface area contributed by atoms with Crippen molar-refractivity contribution in [2.24, 2.45) is 0 Å². The average molecular weight is 342 g/mol. The monoisotopic (exact) mass is 342 g/mol. The van der Waals surface area contributed by atoms with Gasteiger partial charge in [-0.25, -0.2) is 4.98 Å². The number of nitrogens with one attached hydrogen (secondary N) is 1. The quantitative estimate of drug-likeness (QED) is 0.710. The zero-order valence-electron chi connectivity index (χ0n) is 13.7. The summed E-state index contributed by atoms with van der Waals surface area (Å²) in [4.78, 5) is 4.63. The normalized spacial score (nSPS) is 10.3. The van der Waals surface area contributed by atoms with Crippen molar-refractivity contribution in [3.8, 4) is 28.5 Å². The highest BCUT2D eigenvalue weighted by Gasteiger charge is 2.09. The first-order valence-corrected chi connectivity index (χ1v) is 8.20. The van der Waals surface area contributed by atoms with E-state index in [1.165, 1.54) is 0 Å². The molecule has 124 valence electrons. The molecule has 2 aromatic carbocycles. The van der Waals surface area contributed by atoms with Crippen molar-refractivity contribution in [1.29, 1.82) is 0 Å². The summed E-state index contributed by atoms with van der Waals surface area (Å²) in [6.07, 6.45) is 0. The molecule has 0 atom stereocenters. The second-order valence-electron chi connectivity index (χ2n) is 4.96. The lowest BCUT2D eigenvalue weighted by Gasteiger charge is -2.08. The van der Waals surface area contributed by atoms with Crippen molar-refractivity contribution in [2.45, 2.75) is 0 Å². The molecule has 0 bridgehead atoms. The van der Waals surface area contributed by atoms with Gasteiger partial charge in [0.1, 0.15) is 5.75 Å². The van der Waals surface area contributed by atoms with Gasteiger partial charge in [0, 0.05) is 16.6 Å². The van der Waals surface area contributed by atoms with Gasteiger partial charge in [-0.2, -0.15) is 0 Å². The number of nitrogens with zero attached hydrogens (tertiary/aromatic N) is 1. The van der Waals surface area contributed by atoms with E-state index >= 15 is 0 Å². The summed E-state index contributed by atoms with van der Waals surface area (Å²) in [5, 5.41) is 6.12. The first-order valence-electron chi connectivity index (χ1n) is 7.32. The summed E-state index contributed by atoms with van der Waals surface area (Å²) < 4.78 is 15.8. The maximum Gasteiger partial charge on any atom is 0.187 e. The molecule has 1 heterocycles. The van der Waals surface area contributed by atoms with E-state index in [9.17, 15) is 0 Å². The minimum absolute atomic E-state index is 0.688. The van der Waals surface area contributed by atoms with Crippen LogP contribution in [0.25, 0.3) is 11.3 Å². The van der Waals surface area contributed by atoms with Crippen LogP contribution in [0, 0.1) is 0 Å². The molecule has 3 aromatic rings. The largest absolute Gasteiger partial charge is 0.497 e. The summed E-state index contributed by atoms with van der Waals surface area (Å²) in [5.74, 6) is 2.21. The molecule has 6 heteroatoms. The molecule has 0 amide bonds. The molecule has 1 aromatic heterocycles. The molecule has 0 aliphatic rings. The molecular weight excluding hydrogens is 324 g/mol. The Morgan fingerprint density at radius 3 is 2.29 bits per heavy atom. The zero-order valence-corrected chi connectivity index (χ0v) is 14.5. The summed E-state index contributed by atoms with van der Waals surface area (Å²) >= 11 is 1.55. The molecule has 0 fully saturated rings. The second kappa shape index (κ2) is 7.23. The Balaban J connectivity index is 1.79. The lowest BCUT2D eigenvalue weighted by atomic mass is 10.1. The van der Waals surface area contributed by atoms with Crippen LogP contribution in [-0.4, -0.2) is 26.3 Å². The van der Waals surface area contributed by atoms with E-state index in [1.807, 2.05) is 47.8 Å². The van der Waals surface area contributed by atoms with Gasteiger partial charge in [-0.1, -0.05) is 0 Å². The third-order valence-electron chi connectivity index (χ3n) is 3.52. The van der Waals surface area contributed by atoms with Gasteiger partial charge in [0.15, 0.2) is 16.6 Å². The van der Waals surface area contributed by atoms with E-state index in [0.29, 0.717) is 11.5 Å². The summed E-state index contributed by atoms with van der Waals surface area (Å²) in [6.45, 7) is 0.